The summed E-state index contributed by atoms with van der Waals surface area (Å²) in [5.74, 6) is 0.653. The monoisotopic (exact) mass is 374 g/mol. The van der Waals surface area contributed by atoms with Gasteiger partial charge in [0.25, 0.3) is 0 Å². The molecule has 0 aliphatic heterocycles. The SMILES string of the molecule is CCNC(=NCC1(c2cccc(F)c2)CC1)NCCc1ncc(CC)s1. The first kappa shape index (κ1) is 18.8. The van der Waals surface area contributed by atoms with Crippen LogP contribution in [0.2, 0.25) is 0 Å². The smallest absolute Gasteiger partial charge is 0.191 e. The van der Waals surface area contributed by atoms with E-state index in [1.165, 1.54) is 10.9 Å². The third kappa shape index (κ3) is 4.81. The second-order valence-corrected chi connectivity index (χ2v) is 7.94. The van der Waals surface area contributed by atoms with Crippen LogP contribution in [0.4, 0.5) is 4.39 Å². The second kappa shape index (κ2) is 8.62. The van der Waals surface area contributed by atoms with E-state index in [1.807, 2.05) is 12.3 Å². The lowest BCUT2D eigenvalue weighted by Gasteiger charge is -2.16. The summed E-state index contributed by atoms with van der Waals surface area (Å²) in [4.78, 5) is 10.5. The van der Waals surface area contributed by atoms with Crippen molar-refractivity contribution in [3.8, 4) is 0 Å². The van der Waals surface area contributed by atoms with Crippen LogP contribution in [0.25, 0.3) is 0 Å². The number of benzene rings is 1. The van der Waals surface area contributed by atoms with Crippen molar-refractivity contribution in [1.29, 1.82) is 0 Å². The Balaban J connectivity index is 1.56. The highest BCUT2D eigenvalue weighted by Crippen LogP contribution is 2.48. The molecule has 3 rings (SSSR count). The Morgan fingerprint density at radius 3 is 2.81 bits per heavy atom. The number of hydrogen-bond acceptors (Lipinski definition) is 3. The van der Waals surface area contributed by atoms with Gasteiger partial charge in [-0.25, -0.2) is 9.37 Å². The Kier molecular flexibility index (Phi) is 6.25. The molecule has 1 aliphatic carbocycles. The maximum absolute atomic E-state index is 13.5. The zero-order valence-electron chi connectivity index (χ0n) is 15.5. The minimum absolute atomic E-state index is 0.00971. The van der Waals surface area contributed by atoms with Crippen LogP contribution in [-0.4, -0.2) is 30.6 Å². The molecule has 0 unspecified atom stereocenters. The summed E-state index contributed by atoms with van der Waals surface area (Å²) >= 11 is 1.78. The molecular formula is C20H27FN4S. The molecule has 1 saturated carbocycles. The zero-order chi connectivity index (χ0) is 18.4. The molecule has 1 fully saturated rings. The molecule has 0 amide bonds. The van der Waals surface area contributed by atoms with Gasteiger partial charge in [0.15, 0.2) is 5.96 Å². The van der Waals surface area contributed by atoms with Crippen molar-refractivity contribution in [2.45, 2.75) is 44.9 Å². The molecule has 6 heteroatoms. The lowest BCUT2D eigenvalue weighted by Crippen LogP contribution is -2.39. The quantitative estimate of drug-likeness (QED) is 0.547. The first-order valence-corrected chi connectivity index (χ1v) is 10.2. The summed E-state index contributed by atoms with van der Waals surface area (Å²) in [5.41, 5.74) is 1.07. The lowest BCUT2D eigenvalue weighted by molar-refractivity contribution is 0.615. The number of nitrogens with zero attached hydrogens (tertiary/aromatic N) is 2. The first-order valence-electron chi connectivity index (χ1n) is 9.37. The van der Waals surface area contributed by atoms with E-state index in [0.29, 0.717) is 6.54 Å². The van der Waals surface area contributed by atoms with E-state index < -0.39 is 0 Å². The molecule has 26 heavy (non-hydrogen) atoms. The number of halogens is 1. The molecule has 2 N–H and O–H groups in total. The molecule has 1 aromatic carbocycles. The summed E-state index contributed by atoms with van der Waals surface area (Å²) in [5, 5.41) is 7.84. The third-order valence-corrected chi connectivity index (χ3v) is 5.96. The van der Waals surface area contributed by atoms with E-state index in [2.05, 4.69) is 29.5 Å². The van der Waals surface area contributed by atoms with Gasteiger partial charge in [0.05, 0.1) is 11.6 Å². The molecule has 140 valence electrons. The largest absolute Gasteiger partial charge is 0.357 e. The van der Waals surface area contributed by atoms with E-state index in [4.69, 9.17) is 4.99 Å². The first-order chi connectivity index (χ1) is 12.6. The molecule has 1 heterocycles. The average Bonchev–Trinajstić information content (AvgIpc) is 3.30. The van der Waals surface area contributed by atoms with Gasteiger partial charge in [-0.3, -0.25) is 4.99 Å². The van der Waals surface area contributed by atoms with E-state index in [0.717, 1.165) is 55.3 Å². The standard InChI is InChI=1S/C20H27FN4S/c1-3-17-13-24-18(26-17)8-11-23-19(22-4-2)25-14-20(9-10-20)15-6-5-7-16(21)12-15/h5-7,12-13H,3-4,8-11,14H2,1-2H3,(H2,22,23,25). The van der Waals surface area contributed by atoms with Crippen LogP contribution in [-0.2, 0) is 18.3 Å². The molecule has 1 aliphatic rings. The van der Waals surface area contributed by atoms with Crippen molar-refractivity contribution in [2.24, 2.45) is 4.99 Å². The van der Waals surface area contributed by atoms with Crippen LogP contribution >= 0.6 is 11.3 Å². The Hall–Kier alpha value is -1.95. The van der Waals surface area contributed by atoms with Crippen LogP contribution in [0.15, 0.2) is 35.5 Å². The van der Waals surface area contributed by atoms with Crippen molar-refractivity contribution in [3.05, 3.63) is 51.7 Å². The maximum Gasteiger partial charge on any atom is 0.191 e. The molecule has 4 nitrogen and oxygen atoms in total. The number of hydrogen-bond donors (Lipinski definition) is 2. The van der Waals surface area contributed by atoms with E-state index in [1.54, 1.807) is 23.5 Å². The van der Waals surface area contributed by atoms with Gasteiger partial charge in [0.2, 0.25) is 0 Å². The van der Waals surface area contributed by atoms with Gasteiger partial charge in [-0.2, -0.15) is 0 Å². The highest BCUT2D eigenvalue weighted by Gasteiger charge is 2.44. The van der Waals surface area contributed by atoms with E-state index in [9.17, 15) is 4.39 Å². The minimum Gasteiger partial charge on any atom is -0.357 e. The normalized spacial score (nSPS) is 15.7. The Bertz CT molecular complexity index is 752. The van der Waals surface area contributed by atoms with E-state index in [-0.39, 0.29) is 11.2 Å². The van der Waals surface area contributed by atoms with Crippen LogP contribution < -0.4 is 10.6 Å². The summed E-state index contributed by atoms with van der Waals surface area (Å²) in [6.07, 6.45) is 6.03. The van der Waals surface area contributed by atoms with E-state index >= 15 is 0 Å². The Morgan fingerprint density at radius 2 is 2.15 bits per heavy atom. The van der Waals surface area contributed by atoms with Gasteiger partial charge in [-0.05, 0) is 43.9 Å². The van der Waals surface area contributed by atoms with Crippen LogP contribution in [0, 0.1) is 5.82 Å². The molecule has 0 atom stereocenters. The summed E-state index contributed by atoms with van der Waals surface area (Å²) in [6, 6.07) is 6.95. The second-order valence-electron chi connectivity index (χ2n) is 6.74. The number of aliphatic imine (C=N–C) groups is 1. The predicted octanol–water partition coefficient (Wildman–Crippen LogP) is 3.67. The summed E-state index contributed by atoms with van der Waals surface area (Å²) in [7, 11) is 0. The van der Waals surface area contributed by atoms with Crippen LogP contribution in [0.1, 0.15) is 42.1 Å². The van der Waals surface area contributed by atoms with Crippen LogP contribution in [0.5, 0.6) is 0 Å². The van der Waals surface area contributed by atoms with Crippen molar-refractivity contribution >= 4 is 17.3 Å². The fraction of sp³-hybridized carbons (Fsp3) is 0.500. The highest BCUT2D eigenvalue weighted by molar-refractivity contribution is 7.11. The number of aryl methyl sites for hydroxylation is 1. The number of rotatable bonds is 8. The number of thiazole rings is 1. The third-order valence-electron chi connectivity index (χ3n) is 4.76. The predicted molar refractivity (Wildman–Crippen MR) is 106 cm³/mol. The molecule has 1 aromatic heterocycles. The summed E-state index contributed by atoms with van der Waals surface area (Å²) in [6.45, 7) is 6.51. The van der Waals surface area contributed by atoms with Gasteiger partial charge >= 0.3 is 0 Å². The van der Waals surface area contributed by atoms with Crippen molar-refractivity contribution in [3.63, 3.8) is 0 Å². The van der Waals surface area contributed by atoms with Gasteiger partial charge < -0.3 is 10.6 Å². The van der Waals surface area contributed by atoms with Crippen LogP contribution in [0.3, 0.4) is 0 Å². The fourth-order valence-corrected chi connectivity index (χ4v) is 3.86. The Labute approximate surface area is 159 Å². The molecule has 0 bridgehead atoms. The fourth-order valence-electron chi connectivity index (χ4n) is 2.99. The van der Waals surface area contributed by atoms with Gasteiger partial charge in [0.1, 0.15) is 5.82 Å². The average molecular weight is 375 g/mol. The topological polar surface area (TPSA) is 49.3 Å². The van der Waals surface area contributed by atoms with Crippen molar-refractivity contribution < 1.29 is 4.39 Å². The molecule has 2 aromatic rings. The highest BCUT2D eigenvalue weighted by atomic mass is 32.1. The van der Waals surface area contributed by atoms with Crippen molar-refractivity contribution in [1.82, 2.24) is 15.6 Å². The summed E-state index contributed by atoms with van der Waals surface area (Å²) < 4.78 is 13.5. The molecular weight excluding hydrogens is 347 g/mol. The number of aromatic nitrogens is 1. The van der Waals surface area contributed by atoms with Gasteiger partial charge in [0, 0.05) is 36.0 Å². The zero-order valence-corrected chi connectivity index (χ0v) is 16.3. The van der Waals surface area contributed by atoms with Gasteiger partial charge in [-0.15, -0.1) is 11.3 Å². The molecule has 0 radical (unpaired) electrons. The number of nitrogens with one attached hydrogen (secondary N) is 2. The van der Waals surface area contributed by atoms with Crippen molar-refractivity contribution in [2.75, 3.05) is 19.6 Å². The lowest BCUT2D eigenvalue weighted by atomic mass is 9.96. The molecule has 0 spiro atoms. The van der Waals surface area contributed by atoms with Gasteiger partial charge in [-0.1, -0.05) is 19.1 Å². The minimum atomic E-state index is -0.169. The molecule has 0 saturated heterocycles. The Morgan fingerprint density at radius 1 is 1.31 bits per heavy atom. The number of guanidine groups is 1. The maximum atomic E-state index is 13.5.